The number of nitrogens with one attached hydrogen (secondary N) is 2. The van der Waals surface area contributed by atoms with E-state index < -0.39 is 11.6 Å². The normalized spacial score (nSPS) is 23.5. The molecular formula is C17H22N4O3. The summed E-state index contributed by atoms with van der Waals surface area (Å²) in [4.78, 5) is 39.7. The Bertz CT molecular complexity index is 659. The van der Waals surface area contributed by atoms with Gasteiger partial charge in [0.15, 0.2) is 0 Å². The van der Waals surface area contributed by atoms with Gasteiger partial charge < -0.3 is 10.6 Å². The van der Waals surface area contributed by atoms with Crippen molar-refractivity contribution in [3.63, 3.8) is 0 Å². The van der Waals surface area contributed by atoms with Crippen LogP contribution in [-0.2, 0) is 15.1 Å². The van der Waals surface area contributed by atoms with Crippen LogP contribution in [0.15, 0.2) is 30.3 Å². The molecule has 0 spiro atoms. The number of likely N-dealkylation sites (N-methyl/N-ethyl adjacent to an activating group) is 1. The van der Waals surface area contributed by atoms with Gasteiger partial charge in [-0.15, -0.1) is 0 Å². The van der Waals surface area contributed by atoms with Crippen molar-refractivity contribution < 1.29 is 14.4 Å². The molecule has 24 heavy (non-hydrogen) atoms. The van der Waals surface area contributed by atoms with E-state index in [1.807, 2.05) is 30.3 Å². The molecule has 0 aromatic heterocycles. The maximum absolute atomic E-state index is 12.8. The first-order chi connectivity index (χ1) is 11.4. The number of hydrogen-bond donors (Lipinski definition) is 2. The van der Waals surface area contributed by atoms with Gasteiger partial charge in [-0.25, -0.2) is 9.69 Å². The minimum absolute atomic E-state index is 0.0746. The van der Waals surface area contributed by atoms with Crippen LogP contribution in [0.25, 0.3) is 0 Å². The lowest BCUT2D eigenvalue weighted by atomic mass is 9.92. The SMILES string of the molecule is CN(CC(=O)NC1CC1)CN1C(=O)N[C@](C)(c2ccccc2)C1=O. The van der Waals surface area contributed by atoms with Crippen molar-refractivity contribution in [1.82, 2.24) is 20.4 Å². The molecule has 3 rings (SSSR count). The Morgan fingerprint density at radius 1 is 1.33 bits per heavy atom. The molecule has 4 amide bonds. The molecule has 0 bridgehead atoms. The average molecular weight is 330 g/mol. The van der Waals surface area contributed by atoms with E-state index in [9.17, 15) is 14.4 Å². The summed E-state index contributed by atoms with van der Waals surface area (Å²) in [6.07, 6.45) is 2.05. The topological polar surface area (TPSA) is 81.8 Å². The standard InChI is InChI=1S/C17H22N4O3/c1-17(12-6-4-3-5-7-12)15(23)21(16(24)19-17)11-20(2)10-14(22)18-13-8-9-13/h3-7,13H,8-11H2,1-2H3,(H,18,22)(H,19,24)/t17-/m1/s1. The first-order valence-corrected chi connectivity index (χ1v) is 8.07. The van der Waals surface area contributed by atoms with E-state index in [0.29, 0.717) is 6.04 Å². The number of carbonyl (C=O) groups excluding carboxylic acids is 3. The summed E-state index contributed by atoms with van der Waals surface area (Å²) in [5.41, 5.74) is -0.338. The highest BCUT2D eigenvalue weighted by atomic mass is 16.2. The minimum Gasteiger partial charge on any atom is -0.352 e. The van der Waals surface area contributed by atoms with Crippen LogP contribution in [0.1, 0.15) is 25.3 Å². The number of rotatable bonds is 6. The molecule has 0 unspecified atom stereocenters. The summed E-state index contributed by atoms with van der Waals surface area (Å²) in [5.74, 6) is -0.397. The maximum atomic E-state index is 12.8. The molecule has 1 atom stereocenters. The highest BCUT2D eigenvalue weighted by molar-refractivity contribution is 6.07. The van der Waals surface area contributed by atoms with Crippen LogP contribution in [-0.4, -0.2) is 53.9 Å². The minimum atomic E-state index is -1.07. The van der Waals surface area contributed by atoms with Crippen LogP contribution >= 0.6 is 0 Å². The van der Waals surface area contributed by atoms with E-state index in [4.69, 9.17) is 0 Å². The predicted octanol–water partition coefficient (Wildman–Crippen LogP) is 0.622. The van der Waals surface area contributed by atoms with Gasteiger partial charge in [-0.1, -0.05) is 30.3 Å². The molecular weight excluding hydrogens is 308 g/mol. The Morgan fingerprint density at radius 3 is 2.62 bits per heavy atom. The molecule has 2 fully saturated rings. The first-order valence-electron chi connectivity index (χ1n) is 8.07. The van der Waals surface area contributed by atoms with Gasteiger partial charge in [0, 0.05) is 6.04 Å². The third kappa shape index (κ3) is 3.26. The molecule has 1 aliphatic carbocycles. The van der Waals surface area contributed by atoms with Crippen molar-refractivity contribution in [2.24, 2.45) is 0 Å². The number of imide groups is 1. The maximum Gasteiger partial charge on any atom is 0.326 e. The summed E-state index contributed by atoms with van der Waals surface area (Å²) in [6, 6.07) is 9.00. The zero-order chi connectivity index (χ0) is 17.3. The van der Waals surface area contributed by atoms with Gasteiger partial charge >= 0.3 is 6.03 Å². The molecule has 7 heteroatoms. The van der Waals surface area contributed by atoms with E-state index >= 15 is 0 Å². The Kier molecular flexibility index (Phi) is 4.28. The summed E-state index contributed by atoms with van der Waals surface area (Å²) in [5, 5.41) is 5.65. The second-order valence-electron chi connectivity index (χ2n) is 6.65. The fourth-order valence-corrected chi connectivity index (χ4v) is 2.83. The molecule has 1 saturated carbocycles. The third-order valence-corrected chi connectivity index (χ3v) is 4.36. The Morgan fingerprint density at radius 2 is 2.00 bits per heavy atom. The van der Waals surface area contributed by atoms with Crippen molar-refractivity contribution >= 4 is 17.8 Å². The number of urea groups is 1. The third-order valence-electron chi connectivity index (χ3n) is 4.36. The van der Waals surface area contributed by atoms with Gasteiger partial charge in [0.05, 0.1) is 13.2 Å². The van der Waals surface area contributed by atoms with Crippen molar-refractivity contribution in [3.05, 3.63) is 35.9 Å². The molecule has 0 radical (unpaired) electrons. The number of amides is 4. The lowest BCUT2D eigenvalue weighted by Gasteiger charge is -2.24. The molecule has 2 aliphatic rings. The molecule has 1 heterocycles. The summed E-state index contributed by atoms with van der Waals surface area (Å²) in [7, 11) is 1.71. The van der Waals surface area contributed by atoms with E-state index in [0.717, 1.165) is 23.3 Å². The van der Waals surface area contributed by atoms with Gasteiger partial charge in [0.2, 0.25) is 5.91 Å². The van der Waals surface area contributed by atoms with Gasteiger partial charge in [-0.05, 0) is 32.4 Å². The second kappa shape index (κ2) is 6.24. The summed E-state index contributed by atoms with van der Waals surface area (Å²) >= 11 is 0. The number of nitrogens with zero attached hydrogens (tertiary/aromatic N) is 2. The van der Waals surface area contributed by atoms with Gasteiger partial charge in [0.1, 0.15) is 5.54 Å². The van der Waals surface area contributed by atoms with Crippen LogP contribution in [0.5, 0.6) is 0 Å². The first kappa shape index (κ1) is 16.4. The zero-order valence-corrected chi connectivity index (χ0v) is 13.9. The number of hydrogen-bond acceptors (Lipinski definition) is 4. The summed E-state index contributed by atoms with van der Waals surface area (Å²) < 4.78 is 0. The largest absolute Gasteiger partial charge is 0.352 e. The van der Waals surface area contributed by atoms with Gasteiger partial charge in [0.25, 0.3) is 5.91 Å². The highest BCUT2D eigenvalue weighted by Crippen LogP contribution is 2.28. The monoisotopic (exact) mass is 330 g/mol. The van der Waals surface area contributed by atoms with Crippen LogP contribution in [0.2, 0.25) is 0 Å². The smallest absolute Gasteiger partial charge is 0.326 e. The lowest BCUT2D eigenvalue weighted by molar-refractivity contribution is -0.133. The molecule has 1 aliphatic heterocycles. The van der Waals surface area contributed by atoms with Crippen molar-refractivity contribution in [3.8, 4) is 0 Å². The number of benzene rings is 1. The summed E-state index contributed by atoms with van der Waals surface area (Å²) in [6.45, 7) is 1.92. The van der Waals surface area contributed by atoms with Crippen LogP contribution in [0, 0.1) is 0 Å². The van der Waals surface area contributed by atoms with E-state index in [2.05, 4.69) is 10.6 Å². The molecule has 128 valence electrons. The van der Waals surface area contributed by atoms with Crippen LogP contribution < -0.4 is 10.6 Å². The quantitative estimate of drug-likeness (QED) is 0.749. The van der Waals surface area contributed by atoms with Crippen molar-refractivity contribution in [2.45, 2.75) is 31.3 Å². The molecule has 7 nitrogen and oxygen atoms in total. The molecule has 2 N–H and O–H groups in total. The molecule has 1 saturated heterocycles. The second-order valence-corrected chi connectivity index (χ2v) is 6.65. The Labute approximate surface area is 141 Å². The van der Waals surface area contributed by atoms with Crippen molar-refractivity contribution in [2.75, 3.05) is 20.3 Å². The Hall–Kier alpha value is -2.41. The van der Waals surface area contributed by atoms with Gasteiger partial charge in [-0.2, -0.15) is 0 Å². The van der Waals surface area contributed by atoms with E-state index in [-0.39, 0.29) is 25.0 Å². The van der Waals surface area contributed by atoms with Gasteiger partial charge in [-0.3, -0.25) is 14.5 Å². The number of carbonyl (C=O) groups is 3. The molecule has 1 aromatic rings. The Balaban J connectivity index is 1.64. The molecule has 1 aromatic carbocycles. The average Bonchev–Trinajstić information content (AvgIpc) is 3.32. The van der Waals surface area contributed by atoms with Crippen LogP contribution in [0.4, 0.5) is 4.79 Å². The highest BCUT2D eigenvalue weighted by Gasteiger charge is 2.49. The van der Waals surface area contributed by atoms with Crippen molar-refractivity contribution in [1.29, 1.82) is 0 Å². The van der Waals surface area contributed by atoms with E-state index in [1.165, 1.54) is 0 Å². The van der Waals surface area contributed by atoms with E-state index in [1.54, 1.807) is 18.9 Å². The van der Waals surface area contributed by atoms with Crippen LogP contribution in [0.3, 0.4) is 0 Å². The fourth-order valence-electron chi connectivity index (χ4n) is 2.83. The fraction of sp³-hybridized carbons (Fsp3) is 0.471. The zero-order valence-electron chi connectivity index (χ0n) is 13.9. The lowest BCUT2D eigenvalue weighted by Crippen LogP contribution is -2.45. The predicted molar refractivity (Wildman–Crippen MR) is 87.8 cm³/mol.